The second kappa shape index (κ2) is 6.32. The molecule has 116 valence electrons. The van der Waals surface area contributed by atoms with Crippen molar-refractivity contribution in [2.45, 2.75) is 19.6 Å². The van der Waals surface area contributed by atoms with Gasteiger partial charge < -0.3 is 4.90 Å². The molecule has 3 rings (SSSR count). The number of carbonyl (C=O) groups excluding carboxylic acids is 1. The summed E-state index contributed by atoms with van der Waals surface area (Å²) in [6.07, 6.45) is 1.82. The van der Waals surface area contributed by atoms with Gasteiger partial charge in [-0.15, -0.1) is 0 Å². The minimum atomic E-state index is -0.0557. The molecule has 0 N–H and O–H groups in total. The third kappa shape index (κ3) is 3.20. The Morgan fingerprint density at radius 2 is 2.00 bits per heavy atom. The first kappa shape index (κ1) is 14.8. The Labute approximate surface area is 131 Å². The van der Waals surface area contributed by atoms with E-state index in [1.807, 2.05) is 37.1 Å². The number of hydrogen-bond acceptors (Lipinski definition) is 3. The Hall–Kier alpha value is -2.14. The third-order valence-electron chi connectivity index (χ3n) is 4.10. The van der Waals surface area contributed by atoms with E-state index in [4.69, 9.17) is 0 Å². The molecule has 0 saturated heterocycles. The lowest BCUT2D eigenvalue weighted by Gasteiger charge is -2.25. The third-order valence-corrected chi connectivity index (χ3v) is 4.10. The van der Waals surface area contributed by atoms with E-state index >= 15 is 0 Å². The summed E-state index contributed by atoms with van der Waals surface area (Å²) in [5, 5.41) is 4.37. The molecule has 2 heterocycles. The van der Waals surface area contributed by atoms with Crippen molar-refractivity contribution in [2.75, 3.05) is 20.6 Å². The first-order valence-corrected chi connectivity index (χ1v) is 7.61. The highest BCUT2D eigenvalue weighted by Crippen LogP contribution is 2.19. The highest BCUT2D eigenvalue weighted by Gasteiger charge is 2.28. The van der Waals surface area contributed by atoms with Crippen LogP contribution in [0.15, 0.2) is 42.6 Å². The molecule has 0 spiro atoms. The number of fused-ring (bicyclic) bond motifs is 1. The maximum absolute atomic E-state index is 12.4. The predicted octanol–water partition coefficient (Wildman–Crippen LogP) is 1.60. The van der Waals surface area contributed by atoms with Crippen LogP contribution in [0.5, 0.6) is 0 Å². The monoisotopic (exact) mass is 298 g/mol. The maximum atomic E-state index is 12.4. The van der Waals surface area contributed by atoms with Crippen LogP contribution in [0.2, 0.25) is 0 Å². The van der Waals surface area contributed by atoms with Gasteiger partial charge in [0.1, 0.15) is 0 Å². The largest absolute Gasteiger partial charge is 0.348 e. The van der Waals surface area contributed by atoms with Crippen molar-refractivity contribution in [3.05, 3.63) is 53.9 Å². The number of nitrogens with zero attached hydrogens (tertiary/aromatic N) is 4. The van der Waals surface area contributed by atoms with Crippen LogP contribution >= 0.6 is 0 Å². The normalized spacial score (nSPS) is 18.5. The average molecular weight is 298 g/mol. The van der Waals surface area contributed by atoms with E-state index < -0.39 is 0 Å². The van der Waals surface area contributed by atoms with Crippen LogP contribution in [0, 0.1) is 5.92 Å². The molecule has 0 aliphatic carbocycles. The zero-order valence-electron chi connectivity index (χ0n) is 13.1. The molecule has 1 aromatic heterocycles. The van der Waals surface area contributed by atoms with Crippen molar-refractivity contribution in [2.24, 2.45) is 5.92 Å². The van der Waals surface area contributed by atoms with Crippen LogP contribution in [-0.4, -0.2) is 46.1 Å². The average Bonchev–Trinajstić information content (AvgIpc) is 2.86. The fourth-order valence-corrected chi connectivity index (χ4v) is 3.01. The first-order chi connectivity index (χ1) is 10.6. The maximum Gasteiger partial charge on any atom is 0.228 e. The number of rotatable bonds is 3. The molecular weight excluding hydrogens is 276 g/mol. The van der Waals surface area contributed by atoms with E-state index in [2.05, 4.69) is 34.3 Å². The van der Waals surface area contributed by atoms with Gasteiger partial charge in [-0.3, -0.25) is 14.4 Å². The van der Waals surface area contributed by atoms with Gasteiger partial charge in [0.25, 0.3) is 0 Å². The number of carbonyl (C=O) groups is 1. The van der Waals surface area contributed by atoms with E-state index in [1.54, 1.807) is 4.90 Å². The van der Waals surface area contributed by atoms with Crippen LogP contribution in [0.25, 0.3) is 0 Å². The minimum Gasteiger partial charge on any atom is -0.348 e. The molecule has 0 bridgehead atoms. The zero-order chi connectivity index (χ0) is 15.5. The van der Waals surface area contributed by atoms with E-state index in [0.717, 1.165) is 19.6 Å². The smallest absolute Gasteiger partial charge is 0.228 e. The molecule has 5 heteroatoms. The van der Waals surface area contributed by atoms with Gasteiger partial charge in [0.2, 0.25) is 5.91 Å². The summed E-state index contributed by atoms with van der Waals surface area (Å²) >= 11 is 0. The van der Waals surface area contributed by atoms with E-state index in [0.29, 0.717) is 6.54 Å². The Morgan fingerprint density at radius 3 is 2.73 bits per heavy atom. The Morgan fingerprint density at radius 1 is 1.23 bits per heavy atom. The van der Waals surface area contributed by atoms with Gasteiger partial charge in [-0.25, -0.2) is 0 Å². The lowest BCUT2D eigenvalue weighted by Crippen LogP contribution is -2.38. The summed E-state index contributed by atoms with van der Waals surface area (Å²) < 4.78 is 1.97. The highest BCUT2D eigenvalue weighted by molar-refractivity contribution is 5.78. The van der Waals surface area contributed by atoms with Gasteiger partial charge in [0.05, 0.1) is 18.2 Å². The Bertz CT molecular complexity index is 635. The SMILES string of the molecule is CN(C)C(=O)C1CN(Cc2ccccc2)Cc2ccnn2C1. The second-order valence-corrected chi connectivity index (χ2v) is 6.09. The topological polar surface area (TPSA) is 41.4 Å². The molecule has 0 fully saturated rings. The van der Waals surface area contributed by atoms with Crippen LogP contribution in [0.1, 0.15) is 11.3 Å². The summed E-state index contributed by atoms with van der Waals surface area (Å²) in [4.78, 5) is 16.5. The fourth-order valence-electron chi connectivity index (χ4n) is 3.01. The molecule has 22 heavy (non-hydrogen) atoms. The van der Waals surface area contributed by atoms with Crippen LogP contribution in [-0.2, 0) is 24.4 Å². The molecule has 0 saturated carbocycles. The number of hydrogen-bond donors (Lipinski definition) is 0. The molecule has 5 nitrogen and oxygen atoms in total. The van der Waals surface area contributed by atoms with Gasteiger partial charge in [0, 0.05) is 39.9 Å². The summed E-state index contributed by atoms with van der Waals surface area (Å²) in [5.74, 6) is 0.112. The molecular formula is C17H22N4O. The Balaban J connectivity index is 1.82. The summed E-state index contributed by atoms with van der Waals surface area (Å²) in [6.45, 7) is 3.09. The van der Waals surface area contributed by atoms with Gasteiger partial charge in [0.15, 0.2) is 0 Å². The minimum absolute atomic E-state index is 0.0557. The molecule has 1 amide bonds. The van der Waals surface area contributed by atoms with Crippen molar-refractivity contribution in [3.8, 4) is 0 Å². The molecule has 0 radical (unpaired) electrons. The van der Waals surface area contributed by atoms with E-state index in [-0.39, 0.29) is 11.8 Å². The van der Waals surface area contributed by atoms with Crippen molar-refractivity contribution < 1.29 is 4.79 Å². The van der Waals surface area contributed by atoms with Crippen molar-refractivity contribution in [1.82, 2.24) is 19.6 Å². The molecule has 1 atom stereocenters. The van der Waals surface area contributed by atoms with E-state index in [9.17, 15) is 4.79 Å². The molecule has 1 unspecified atom stereocenters. The summed E-state index contributed by atoms with van der Waals surface area (Å²) in [5.41, 5.74) is 2.44. The quantitative estimate of drug-likeness (QED) is 0.864. The predicted molar refractivity (Wildman–Crippen MR) is 85.0 cm³/mol. The van der Waals surface area contributed by atoms with Gasteiger partial charge in [-0.1, -0.05) is 30.3 Å². The van der Waals surface area contributed by atoms with Gasteiger partial charge >= 0.3 is 0 Å². The van der Waals surface area contributed by atoms with Crippen molar-refractivity contribution in [3.63, 3.8) is 0 Å². The molecule has 1 aliphatic rings. The number of benzene rings is 1. The van der Waals surface area contributed by atoms with Crippen LogP contribution in [0.4, 0.5) is 0 Å². The van der Waals surface area contributed by atoms with Crippen LogP contribution < -0.4 is 0 Å². The summed E-state index contributed by atoms with van der Waals surface area (Å²) in [6, 6.07) is 12.4. The second-order valence-electron chi connectivity index (χ2n) is 6.09. The number of amides is 1. The lowest BCUT2D eigenvalue weighted by molar-refractivity contribution is -0.134. The first-order valence-electron chi connectivity index (χ1n) is 7.61. The standard InChI is InChI=1S/C17H22N4O/c1-19(2)17(22)15-11-20(10-14-6-4-3-5-7-14)13-16-8-9-18-21(16)12-15/h3-9,15H,10-13H2,1-2H3. The highest BCUT2D eigenvalue weighted by atomic mass is 16.2. The fraction of sp³-hybridized carbons (Fsp3) is 0.412. The van der Waals surface area contributed by atoms with Crippen LogP contribution in [0.3, 0.4) is 0 Å². The van der Waals surface area contributed by atoms with Gasteiger partial charge in [-0.05, 0) is 11.6 Å². The van der Waals surface area contributed by atoms with Crippen molar-refractivity contribution in [1.29, 1.82) is 0 Å². The molecule has 2 aromatic rings. The zero-order valence-corrected chi connectivity index (χ0v) is 13.1. The summed E-state index contributed by atoms with van der Waals surface area (Å²) in [7, 11) is 3.64. The molecule has 1 aliphatic heterocycles. The van der Waals surface area contributed by atoms with Crippen molar-refractivity contribution >= 4 is 5.91 Å². The van der Waals surface area contributed by atoms with Gasteiger partial charge in [-0.2, -0.15) is 5.10 Å². The van der Waals surface area contributed by atoms with E-state index in [1.165, 1.54) is 11.3 Å². The molecule has 1 aromatic carbocycles. The number of aromatic nitrogens is 2. The Kier molecular flexibility index (Phi) is 4.24. The lowest BCUT2D eigenvalue weighted by atomic mass is 10.1.